The summed E-state index contributed by atoms with van der Waals surface area (Å²) in [6.45, 7) is 3.47. The van der Waals surface area contributed by atoms with E-state index in [0.29, 0.717) is 36.8 Å². The molecule has 5 rings (SSSR count). The zero-order valence-electron chi connectivity index (χ0n) is 17.7. The summed E-state index contributed by atoms with van der Waals surface area (Å²) in [7, 11) is 0. The highest BCUT2D eigenvalue weighted by Gasteiger charge is 2.28. The second kappa shape index (κ2) is 8.33. The minimum Gasteiger partial charge on any atom is -0.467 e. The van der Waals surface area contributed by atoms with Gasteiger partial charge < -0.3 is 14.6 Å². The number of amides is 2. The third-order valence-electron chi connectivity index (χ3n) is 5.96. The molecule has 2 amide bonds. The number of nitrogens with zero attached hydrogens (tertiary/aromatic N) is 4. The number of fused-ring (bicyclic) bond motifs is 1. The van der Waals surface area contributed by atoms with Crippen LogP contribution in [0.15, 0.2) is 53.3 Å². The SMILES string of the molecule is Cc1nc2ccccn2c1C(=O)N1CCC(c2cc(C(=O)NCc3ccco3)n[nH]2)CC1. The molecule has 5 heterocycles. The predicted octanol–water partition coefficient (Wildman–Crippen LogP) is 2.91. The summed E-state index contributed by atoms with van der Waals surface area (Å²) in [5, 5.41) is 9.97. The van der Waals surface area contributed by atoms with Gasteiger partial charge in [0.1, 0.15) is 22.8 Å². The van der Waals surface area contributed by atoms with Gasteiger partial charge in [-0.15, -0.1) is 0 Å². The molecule has 0 aromatic carbocycles. The molecule has 0 atom stereocenters. The molecule has 1 fully saturated rings. The van der Waals surface area contributed by atoms with Crippen molar-refractivity contribution in [1.29, 1.82) is 0 Å². The fraction of sp³-hybridized carbons (Fsp3) is 0.304. The van der Waals surface area contributed by atoms with Crippen LogP contribution in [-0.2, 0) is 6.54 Å². The van der Waals surface area contributed by atoms with Gasteiger partial charge >= 0.3 is 0 Å². The van der Waals surface area contributed by atoms with Crippen LogP contribution in [-0.4, -0.2) is 49.4 Å². The van der Waals surface area contributed by atoms with Crippen molar-refractivity contribution in [3.8, 4) is 0 Å². The number of aromatic amines is 1. The van der Waals surface area contributed by atoms with E-state index in [0.717, 1.165) is 29.9 Å². The van der Waals surface area contributed by atoms with Gasteiger partial charge in [0.05, 0.1) is 18.5 Å². The molecule has 0 unspecified atom stereocenters. The Bertz CT molecular complexity index is 1250. The number of carbonyl (C=O) groups excluding carboxylic acids is 2. The van der Waals surface area contributed by atoms with E-state index in [9.17, 15) is 9.59 Å². The van der Waals surface area contributed by atoms with E-state index in [-0.39, 0.29) is 17.7 Å². The van der Waals surface area contributed by atoms with Crippen LogP contribution in [0.25, 0.3) is 5.65 Å². The van der Waals surface area contributed by atoms with Gasteiger partial charge in [-0.05, 0) is 50.1 Å². The number of pyridine rings is 1. The molecule has 2 N–H and O–H groups in total. The summed E-state index contributed by atoms with van der Waals surface area (Å²) in [6.07, 6.45) is 5.05. The zero-order valence-corrected chi connectivity index (χ0v) is 17.7. The molecule has 0 saturated carbocycles. The first-order valence-corrected chi connectivity index (χ1v) is 10.7. The number of hydrogen-bond donors (Lipinski definition) is 2. The van der Waals surface area contributed by atoms with E-state index in [1.807, 2.05) is 40.6 Å². The maximum atomic E-state index is 13.2. The minimum absolute atomic E-state index is 0.00209. The Labute approximate surface area is 184 Å². The molecule has 1 aliphatic rings. The average molecular weight is 432 g/mol. The summed E-state index contributed by atoms with van der Waals surface area (Å²) >= 11 is 0. The maximum Gasteiger partial charge on any atom is 0.272 e. The van der Waals surface area contributed by atoms with E-state index in [2.05, 4.69) is 20.5 Å². The second-order valence-electron chi connectivity index (χ2n) is 8.01. The molecular formula is C23H24N6O3. The van der Waals surface area contributed by atoms with Gasteiger partial charge in [0.2, 0.25) is 0 Å². The number of aryl methyl sites for hydroxylation is 1. The summed E-state index contributed by atoms with van der Waals surface area (Å²) in [4.78, 5) is 31.9. The van der Waals surface area contributed by atoms with Crippen LogP contribution in [0.1, 0.15) is 56.9 Å². The Balaban J connectivity index is 1.21. The molecule has 0 spiro atoms. The van der Waals surface area contributed by atoms with E-state index < -0.39 is 0 Å². The van der Waals surface area contributed by atoms with Crippen LogP contribution >= 0.6 is 0 Å². The minimum atomic E-state index is -0.250. The van der Waals surface area contributed by atoms with Gasteiger partial charge in [0.25, 0.3) is 11.8 Å². The van der Waals surface area contributed by atoms with Crippen LogP contribution in [0.5, 0.6) is 0 Å². The standard InChI is InChI=1S/C23H24N6O3/c1-15-21(29-9-3-2-6-20(29)25-15)23(31)28-10-7-16(8-11-28)18-13-19(27-26-18)22(30)24-14-17-5-4-12-32-17/h2-6,9,12-13,16H,7-8,10-11,14H2,1H3,(H,24,30)(H,26,27). The lowest BCUT2D eigenvalue weighted by Crippen LogP contribution is -2.38. The van der Waals surface area contributed by atoms with Crippen molar-refractivity contribution in [2.24, 2.45) is 0 Å². The van der Waals surface area contributed by atoms with Gasteiger partial charge in [-0.3, -0.25) is 19.1 Å². The normalized spacial score (nSPS) is 14.7. The lowest BCUT2D eigenvalue weighted by Gasteiger charge is -2.31. The first kappa shape index (κ1) is 20.0. The number of hydrogen-bond acceptors (Lipinski definition) is 5. The van der Waals surface area contributed by atoms with Crippen LogP contribution in [0.3, 0.4) is 0 Å². The number of H-pyrrole nitrogens is 1. The molecule has 32 heavy (non-hydrogen) atoms. The van der Waals surface area contributed by atoms with Gasteiger partial charge in [0, 0.05) is 30.9 Å². The quantitative estimate of drug-likeness (QED) is 0.504. The van der Waals surface area contributed by atoms with Crippen molar-refractivity contribution in [2.45, 2.75) is 32.2 Å². The summed E-state index contributed by atoms with van der Waals surface area (Å²) in [5.74, 6) is 0.663. The lowest BCUT2D eigenvalue weighted by molar-refractivity contribution is 0.0704. The van der Waals surface area contributed by atoms with Gasteiger partial charge in [-0.1, -0.05) is 6.07 Å². The molecule has 1 saturated heterocycles. The van der Waals surface area contributed by atoms with Crippen LogP contribution in [0.2, 0.25) is 0 Å². The first-order chi connectivity index (χ1) is 15.6. The fourth-order valence-corrected chi connectivity index (χ4v) is 4.25. The molecule has 9 heteroatoms. The molecule has 0 bridgehead atoms. The third kappa shape index (κ3) is 3.77. The Morgan fingerprint density at radius 2 is 2.06 bits per heavy atom. The molecule has 0 radical (unpaired) electrons. The zero-order chi connectivity index (χ0) is 22.1. The second-order valence-corrected chi connectivity index (χ2v) is 8.01. The number of nitrogens with one attached hydrogen (secondary N) is 2. The number of likely N-dealkylation sites (tertiary alicyclic amines) is 1. The monoisotopic (exact) mass is 432 g/mol. The van der Waals surface area contributed by atoms with Crippen molar-refractivity contribution in [1.82, 2.24) is 29.8 Å². The summed E-state index contributed by atoms with van der Waals surface area (Å²) in [5.41, 5.74) is 3.41. The number of furan rings is 1. The Morgan fingerprint density at radius 1 is 1.22 bits per heavy atom. The molecule has 4 aromatic heterocycles. The molecule has 164 valence electrons. The first-order valence-electron chi connectivity index (χ1n) is 10.7. The third-order valence-corrected chi connectivity index (χ3v) is 5.96. The Hall–Kier alpha value is -3.88. The Morgan fingerprint density at radius 3 is 2.84 bits per heavy atom. The van der Waals surface area contributed by atoms with Crippen molar-refractivity contribution < 1.29 is 14.0 Å². The highest BCUT2D eigenvalue weighted by Crippen LogP contribution is 2.28. The smallest absolute Gasteiger partial charge is 0.272 e. The van der Waals surface area contributed by atoms with Crippen molar-refractivity contribution in [2.75, 3.05) is 13.1 Å². The summed E-state index contributed by atoms with van der Waals surface area (Å²) < 4.78 is 7.08. The number of piperidine rings is 1. The van der Waals surface area contributed by atoms with Crippen LogP contribution < -0.4 is 5.32 Å². The van der Waals surface area contributed by atoms with Crippen LogP contribution in [0, 0.1) is 6.92 Å². The fourth-order valence-electron chi connectivity index (χ4n) is 4.25. The van der Waals surface area contributed by atoms with Gasteiger partial charge in [0.15, 0.2) is 0 Å². The number of rotatable bonds is 5. The van der Waals surface area contributed by atoms with Crippen molar-refractivity contribution in [3.63, 3.8) is 0 Å². The highest BCUT2D eigenvalue weighted by molar-refractivity contribution is 5.95. The molecule has 1 aliphatic heterocycles. The van der Waals surface area contributed by atoms with Gasteiger partial charge in [-0.25, -0.2) is 4.98 Å². The molecule has 0 aliphatic carbocycles. The summed E-state index contributed by atoms with van der Waals surface area (Å²) in [6, 6.07) is 11.1. The molecular weight excluding hydrogens is 408 g/mol. The van der Waals surface area contributed by atoms with Crippen molar-refractivity contribution in [3.05, 3.63) is 77.4 Å². The lowest BCUT2D eigenvalue weighted by atomic mass is 9.93. The van der Waals surface area contributed by atoms with E-state index >= 15 is 0 Å². The average Bonchev–Trinajstić information content (AvgIpc) is 3.56. The highest BCUT2D eigenvalue weighted by atomic mass is 16.3. The number of imidazole rings is 1. The number of aromatic nitrogens is 4. The van der Waals surface area contributed by atoms with Crippen molar-refractivity contribution >= 4 is 17.5 Å². The predicted molar refractivity (Wildman–Crippen MR) is 116 cm³/mol. The topological polar surface area (TPSA) is 109 Å². The van der Waals surface area contributed by atoms with E-state index in [1.54, 1.807) is 24.5 Å². The molecule has 4 aromatic rings. The maximum absolute atomic E-state index is 13.2. The largest absolute Gasteiger partial charge is 0.467 e. The Kier molecular flexibility index (Phi) is 5.22. The van der Waals surface area contributed by atoms with E-state index in [4.69, 9.17) is 4.42 Å². The van der Waals surface area contributed by atoms with Gasteiger partial charge in [-0.2, -0.15) is 5.10 Å². The number of carbonyl (C=O) groups is 2. The van der Waals surface area contributed by atoms with E-state index in [1.165, 1.54) is 0 Å². The van der Waals surface area contributed by atoms with Crippen LogP contribution in [0.4, 0.5) is 0 Å². The molecule has 9 nitrogen and oxygen atoms in total.